The molecule has 1 aromatic carbocycles. The van der Waals surface area contributed by atoms with Gasteiger partial charge in [-0.25, -0.2) is 0 Å². The molecule has 1 fully saturated rings. The van der Waals surface area contributed by atoms with Gasteiger partial charge in [0.2, 0.25) is 0 Å². The molecule has 4 nitrogen and oxygen atoms in total. The van der Waals surface area contributed by atoms with Gasteiger partial charge in [-0.15, -0.1) is 0 Å². The number of likely N-dealkylation sites (N-methyl/N-ethyl adjacent to an activating group) is 1. The Morgan fingerprint density at radius 1 is 1.32 bits per heavy atom. The van der Waals surface area contributed by atoms with E-state index in [0.29, 0.717) is 12.1 Å². The molecule has 1 N–H and O–H groups in total. The summed E-state index contributed by atoms with van der Waals surface area (Å²) in [7, 11) is 5.96. The molecule has 2 rings (SSSR count). The molecule has 1 aliphatic heterocycles. The molecule has 0 amide bonds. The van der Waals surface area contributed by atoms with Crippen molar-refractivity contribution in [3.8, 4) is 5.75 Å². The van der Waals surface area contributed by atoms with Crippen molar-refractivity contribution in [3.05, 3.63) is 24.3 Å². The molecule has 0 spiro atoms. The number of anilines is 1. The minimum Gasteiger partial charge on any atom is -0.497 e. The molecule has 0 aliphatic carbocycles. The van der Waals surface area contributed by atoms with E-state index in [0.717, 1.165) is 25.4 Å². The molecular formula is C15H25N3O. The summed E-state index contributed by atoms with van der Waals surface area (Å²) in [6.45, 7) is 5.38. The van der Waals surface area contributed by atoms with Crippen molar-refractivity contribution < 1.29 is 4.74 Å². The first-order chi connectivity index (χ1) is 9.10. The van der Waals surface area contributed by atoms with E-state index < -0.39 is 0 Å². The second-order valence-electron chi connectivity index (χ2n) is 5.58. The SMILES string of the molecule is COc1ccc(N2CC(C)NCC2CN(C)C)cc1. The molecule has 1 aliphatic rings. The maximum atomic E-state index is 5.23. The Morgan fingerprint density at radius 2 is 2.00 bits per heavy atom. The second kappa shape index (κ2) is 6.26. The van der Waals surface area contributed by atoms with Gasteiger partial charge in [0.25, 0.3) is 0 Å². The first kappa shape index (κ1) is 14.2. The minimum absolute atomic E-state index is 0.514. The zero-order chi connectivity index (χ0) is 13.8. The van der Waals surface area contributed by atoms with E-state index in [2.05, 4.69) is 48.3 Å². The van der Waals surface area contributed by atoms with Gasteiger partial charge < -0.3 is 19.9 Å². The predicted octanol–water partition coefficient (Wildman–Crippen LogP) is 1.42. The fraction of sp³-hybridized carbons (Fsp3) is 0.600. The monoisotopic (exact) mass is 263 g/mol. The van der Waals surface area contributed by atoms with Crippen LogP contribution in [0, 0.1) is 0 Å². The molecule has 1 heterocycles. The van der Waals surface area contributed by atoms with Crippen molar-refractivity contribution in [2.24, 2.45) is 0 Å². The van der Waals surface area contributed by atoms with Crippen LogP contribution >= 0.6 is 0 Å². The normalized spacial score (nSPS) is 23.7. The Balaban J connectivity index is 2.15. The van der Waals surface area contributed by atoms with Crippen LogP contribution in [-0.4, -0.2) is 57.8 Å². The van der Waals surface area contributed by atoms with Crippen LogP contribution in [0.15, 0.2) is 24.3 Å². The molecular weight excluding hydrogens is 238 g/mol. The highest BCUT2D eigenvalue weighted by Gasteiger charge is 2.26. The maximum Gasteiger partial charge on any atom is 0.119 e. The molecule has 19 heavy (non-hydrogen) atoms. The van der Waals surface area contributed by atoms with Crippen molar-refractivity contribution in [2.45, 2.75) is 19.0 Å². The largest absolute Gasteiger partial charge is 0.497 e. The van der Waals surface area contributed by atoms with Crippen molar-refractivity contribution in [3.63, 3.8) is 0 Å². The van der Waals surface area contributed by atoms with Crippen molar-refractivity contribution in [1.29, 1.82) is 0 Å². The van der Waals surface area contributed by atoms with Crippen LogP contribution in [0.25, 0.3) is 0 Å². The molecule has 2 unspecified atom stereocenters. The van der Waals surface area contributed by atoms with Gasteiger partial charge in [0.15, 0.2) is 0 Å². The molecule has 1 saturated heterocycles. The fourth-order valence-electron chi connectivity index (χ4n) is 2.63. The van der Waals surface area contributed by atoms with E-state index in [1.807, 2.05) is 12.1 Å². The van der Waals surface area contributed by atoms with E-state index in [4.69, 9.17) is 4.74 Å². The molecule has 4 heteroatoms. The van der Waals surface area contributed by atoms with Gasteiger partial charge in [0.05, 0.1) is 13.2 Å². The van der Waals surface area contributed by atoms with E-state index in [-0.39, 0.29) is 0 Å². The van der Waals surface area contributed by atoms with Crippen LogP contribution in [0.2, 0.25) is 0 Å². The van der Waals surface area contributed by atoms with E-state index in [1.165, 1.54) is 5.69 Å². The minimum atomic E-state index is 0.514. The van der Waals surface area contributed by atoms with Gasteiger partial charge in [-0.1, -0.05) is 0 Å². The Kier molecular flexibility index (Phi) is 4.66. The van der Waals surface area contributed by atoms with Gasteiger partial charge in [0.1, 0.15) is 5.75 Å². The number of methoxy groups -OCH3 is 1. The number of benzene rings is 1. The third-order valence-electron chi connectivity index (χ3n) is 3.59. The summed E-state index contributed by atoms with van der Waals surface area (Å²) >= 11 is 0. The lowest BCUT2D eigenvalue weighted by Crippen LogP contribution is -2.58. The first-order valence-electron chi connectivity index (χ1n) is 6.89. The predicted molar refractivity (Wildman–Crippen MR) is 80.1 cm³/mol. The van der Waals surface area contributed by atoms with Gasteiger partial charge >= 0.3 is 0 Å². The zero-order valence-electron chi connectivity index (χ0n) is 12.4. The molecule has 0 aromatic heterocycles. The summed E-state index contributed by atoms with van der Waals surface area (Å²) in [5, 5.41) is 3.57. The quantitative estimate of drug-likeness (QED) is 0.889. The lowest BCUT2D eigenvalue weighted by Gasteiger charge is -2.42. The molecule has 106 valence electrons. The summed E-state index contributed by atoms with van der Waals surface area (Å²) in [6.07, 6.45) is 0. The Hall–Kier alpha value is -1.26. The standard InChI is InChI=1S/C15H25N3O/c1-12-10-18(14(9-16-12)11-17(2)3)13-5-7-15(19-4)8-6-13/h5-8,12,14,16H,9-11H2,1-4H3. The van der Waals surface area contributed by atoms with Crippen LogP contribution in [0.5, 0.6) is 5.75 Å². The van der Waals surface area contributed by atoms with E-state index in [1.54, 1.807) is 7.11 Å². The topological polar surface area (TPSA) is 27.7 Å². The molecule has 0 radical (unpaired) electrons. The highest BCUT2D eigenvalue weighted by Crippen LogP contribution is 2.23. The maximum absolute atomic E-state index is 5.23. The zero-order valence-corrected chi connectivity index (χ0v) is 12.4. The summed E-state index contributed by atoms with van der Waals surface area (Å²) in [6, 6.07) is 9.42. The number of rotatable bonds is 4. The van der Waals surface area contributed by atoms with Crippen LogP contribution in [0.4, 0.5) is 5.69 Å². The Morgan fingerprint density at radius 3 is 2.58 bits per heavy atom. The van der Waals surface area contributed by atoms with Crippen molar-refractivity contribution >= 4 is 5.69 Å². The number of hydrogen-bond acceptors (Lipinski definition) is 4. The molecule has 1 aromatic rings. The summed E-state index contributed by atoms with van der Waals surface area (Å²) < 4.78 is 5.23. The number of piperazine rings is 1. The third-order valence-corrected chi connectivity index (χ3v) is 3.59. The average molecular weight is 263 g/mol. The van der Waals surface area contributed by atoms with Crippen molar-refractivity contribution in [1.82, 2.24) is 10.2 Å². The number of hydrogen-bond donors (Lipinski definition) is 1. The lowest BCUT2D eigenvalue weighted by molar-refractivity contribution is 0.316. The summed E-state index contributed by atoms with van der Waals surface area (Å²) in [5.74, 6) is 0.913. The molecule has 0 saturated carbocycles. The highest BCUT2D eigenvalue weighted by atomic mass is 16.5. The van der Waals surface area contributed by atoms with Gasteiger partial charge in [0, 0.05) is 31.4 Å². The van der Waals surface area contributed by atoms with Crippen LogP contribution in [0.1, 0.15) is 6.92 Å². The average Bonchev–Trinajstić information content (AvgIpc) is 2.40. The van der Waals surface area contributed by atoms with Crippen LogP contribution in [-0.2, 0) is 0 Å². The molecule has 0 bridgehead atoms. The van der Waals surface area contributed by atoms with Gasteiger partial charge in [-0.05, 0) is 45.3 Å². The van der Waals surface area contributed by atoms with Gasteiger partial charge in [-0.2, -0.15) is 0 Å². The van der Waals surface area contributed by atoms with Crippen LogP contribution in [0.3, 0.4) is 0 Å². The lowest BCUT2D eigenvalue weighted by atomic mass is 10.1. The second-order valence-corrected chi connectivity index (χ2v) is 5.58. The molecule has 2 atom stereocenters. The highest BCUT2D eigenvalue weighted by molar-refractivity contribution is 5.50. The number of nitrogens with zero attached hydrogens (tertiary/aromatic N) is 2. The first-order valence-corrected chi connectivity index (χ1v) is 6.89. The summed E-state index contributed by atoms with van der Waals surface area (Å²) in [5.41, 5.74) is 1.28. The number of nitrogens with one attached hydrogen (secondary N) is 1. The Bertz CT molecular complexity index is 391. The van der Waals surface area contributed by atoms with Crippen LogP contribution < -0.4 is 15.0 Å². The van der Waals surface area contributed by atoms with E-state index in [9.17, 15) is 0 Å². The number of ether oxygens (including phenoxy) is 1. The fourth-order valence-corrected chi connectivity index (χ4v) is 2.63. The summed E-state index contributed by atoms with van der Waals surface area (Å²) in [4.78, 5) is 4.75. The Labute approximate surface area is 116 Å². The van der Waals surface area contributed by atoms with E-state index >= 15 is 0 Å². The van der Waals surface area contributed by atoms with Gasteiger partial charge in [-0.3, -0.25) is 0 Å². The smallest absolute Gasteiger partial charge is 0.119 e. The van der Waals surface area contributed by atoms with Crippen molar-refractivity contribution in [2.75, 3.05) is 45.7 Å². The third kappa shape index (κ3) is 3.61.